The van der Waals surface area contributed by atoms with Crippen LogP contribution in [-0.2, 0) is 0 Å². The molecule has 3 fully saturated rings. The smallest absolute Gasteiger partial charge is 0.0718 e. The molecule has 3 saturated carbocycles. The number of aliphatic hydroxyl groups excluding tert-OH is 1. The third-order valence-electron chi connectivity index (χ3n) is 8.51. The van der Waals surface area contributed by atoms with Gasteiger partial charge in [-0.05, 0) is 93.8 Å². The molecule has 0 radical (unpaired) electrons. The lowest BCUT2D eigenvalue weighted by molar-refractivity contribution is -0.0260. The largest absolute Gasteiger partial charge is 0.389 e. The lowest BCUT2D eigenvalue weighted by Gasteiger charge is -2.57. The Morgan fingerprint density at radius 1 is 1.08 bits per heavy atom. The highest BCUT2D eigenvalue weighted by molar-refractivity contribution is 5.27. The summed E-state index contributed by atoms with van der Waals surface area (Å²) in [4.78, 5) is 0. The van der Waals surface area contributed by atoms with Crippen molar-refractivity contribution < 1.29 is 5.11 Å². The Morgan fingerprint density at radius 3 is 2.40 bits per heavy atom. The van der Waals surface area contributed by atoms with Crippen LogP contribution in [0.4, 0.5) is 0 Å². The van der Waals surface area contributed by atoms with Crippen LogP contribution in [0.2, 0.25) is 0 Å². The summed E-state index contributed by atoms with van der Waals surface area (Å²) in [5.41, 5.74) is 4.11. The average Bonchev–Trinajstić information content (AvgIpc) is 2.96. The first-order valence-corrected chi connectivity index (χ1v) is 10.5. The summed E-state index contributed by atoms with van der Waals surface area (Å²) in [5.74, 6) is 2.53. The second-order valence-corrected chi connectivity index (χ2v) is 9.30. The van der Waals surface area contributed by atoms with E-state index in [0.29, 0.717) is 5.41 Å². The van der Waals surface area contributed by atoms with Crippen molar-refractivity contribution in [1.29, 1.82) is 0 Å². The molecule has 1 N–H and O–H groups in total. The number of aliphatic hydroxyl groups is 1. The molecule has 0 aromatic carbocycles. The van der Waals surface area contributed by atoms with Gasteiger partial charge in [-0.25, -0.2) is 0 Å². The lowest BCUT2D eigenvalue weighted by Crippen LogP contribution is -2.48. The number of fused-ring (bicyclic) bond motifs is 3. The van der Waals surface area contributed by atoms with E-state index in [1.165, 1.54) is 38.5 Å². The predicted octanol–water partition coefficient (Wildman–Crippen LogP) is 6.45. The van der Waals surface area contributed by atoms with Gasteiger partial charge < -0.3 is 5.11 Å². The summed E-state index contributed by atoms with van der Waals surface area (Å²) in [6, 6.07) is 0. The molecule has 1 nitrogen and oxygen atoms in total. The molecule has 0 aromatic rings. The minimum absolute atomic E-state index is 0.266. The molecule has 140 valence electrons. The molecular formula is C24H38O. The van der Waals surface area contributed by atoms with E-state index in [0.717, 1.165) is 30.6 Å². The van der Waals surface area contributed by atoms with Gasteiger partial charge in [0.05, 0.1) is 6.10 Å². The first kappa shape index (κ1) is 19.0. The Morgan fingerprint density at radius 2 is 1.76 bits per heavy atom. The summed E-state index contributed by atoms with van der Waals surface area (Å²) in [7, 11) is 0. The number of rotatable bonds is 4. The van der Waals surface area contributed by atoms with Gasteiger partial charge >= 0.3 is 0 Å². The van der Waals surface area contributed by atoms with Gasteiger partial charge in [0.25, 0.3) is 0 Å². The fourth-order valence-electron chi connectivity index (χ4n) is 7.03. The highest BCUT2D eigenvalue weighted by Crippen LogP contribution is 2.66. The van der Waals surface area contributed by atoms with Gasteiger partial charge in [0.1, 0.15) is 0 Å². The van der Waals surface area contributed by atoms with Crippen LogP contribution in [0.1, 0.15) is 79.1 Å². The van der Waals surface area contributed by atoms with Crippen LogP contribution in [-0.4, -0.2) is 11.2 Å². The Labute approximate surface area is 155 Å². The van der Waals surface area contributed by atoms with Crippen molar-refractivity contribution in [2.24, 2.45) is 28.6 Å². The molecule has 0 saturated heterocycles. The van der Waals surface area contributed by atoms with Crippen LogP contribution < -0.4 is 0 Å². The standard InChI is InChI=1S/C24H38O/c1-6-17-9-11-20-21-12-10-18(7-2)24(21,5)16-14-22(20)23(17,4)15-13-19(25)8-3/h6-8,19-22,25H,3,9-16H2,1-2,4-5H3/b17-6+,18-7+/t19?,20?,21?,22?,23-,24+/m1/s1. The number of hydrogen-bond acceptors (Lipinski definition) is 1. The van der Waals surface area contributed by atoms with Crippen LogP contribution >= 0.6 is 0 Å². The Bertz CT molecular complexity index is 571. The maximum absolute atomic E-state index is 10.1. The van der Waals surface area contributed by atoms with Crippen molar-refractivity contribution in [3.63, 3.8) is 0 Å². The van der Waals surface area contributed by atoms with Gasteiger partial charge in [-0.1, -0.05) is 43.2 Å². The first-order valence-electron chi connectivity index (χ1n) is 10.5. The minimum atomic E-state index is -0.356. The molecule has 3 aliphatic carbocycles. The molecule has 0 heterocycles. The van der Waals surface area contributed by atoms with E-state index in [-0.39, 0.29) is 11.5 Å². The van der Waals surface area contributed by atoms with Crippen molar-refractivity contribution in [2.75, 3.05) is 0 Å². The highest BCUT2D eigenvalue weighted by Gasteiger charge is 2.56. The van der Waals surface area contributed by atoms with E-state index in [4.69, 9.17) is 0 Å². The third-order valence-corrected chi connectivity index (χ3v) is 8.51. The van der Waals surface area contributed by atoms with Crippen molar-refractivity contribution in [1.82, 2.24) is 0 Å². The van der Waals surface area contributed by atoms with E-state index in [1.807, 2.05) is 0 Å². The zero-order valence-electron chi connectivity index (χ0n) is 16.9. The van der Waals surface area contributed by atoms with Crippen LogP contribution in [0.25, 0.3) is 0 Å². The Balaban J connectivity index is 1.89. The van der Waals surface area contributed by atoms with E-state index in [2.05, 4.69) is 46.4 Å². The topological polar surface area (TPSA) is 20.2 Å². The van der Waals surface area contributed by atoms with Crippen molar-refractivity contribution >= 4 is 0 Å². The van der Waals surface area contributed by atoms with Crippen LogP contribution in [0.15, 0.2) is 36.0 Å². The van der Waals surface area contributed by atoms with E-state index in [9.17, 15) is 5.11 Å². The molecule has 0 amide bonds. The van der Waals surface area contributed by atoms with Gasteiger partial charge in [-0.15, -0.1) is 6.58 Å². The summed E-state index contributed by atoms with van der Waals surface area (Å²) in [6.07, 6.45) is 16.2. The quantitative estimate of drug-likeness (QED) is 0.582. The summed E-state index contributed by atoms with van der Waals surface area (Å²) >= 11 is 0. The minimum Gasteiger partial charge on any atom is -0.389 e. The van der Waals surface area contributed by atoms with Gasteiger partial charge in [0.15, 0.2) is 0 Å². The summed E-state index contributed by atoms with van der Waals surface area (Å²) < 4.78 is 0. The molecule has 0 aromatic heterocycles. The SMILES string of the molecule is C=CC(O)CC[C@]1(C)/C(=C/C)CCC2C3CC/C(=C\C)[C@]3(C)CCC21. The maximum Gasteiger partial charge on any atom is 0.0718 e. The van der Waals surface area contributed by atoms with Gasteiger partial charge in [-0.3, -0.25) is 0 Å². The van der Waals surface area contributed by atoms with Crippen molar-refractivity contribution in [3.05, 3.63) is 36.0 Å². The average molecular weight is 343 g/mol. The molecule has 25 heavy (non-hydrogen) atoms. The van der Waals surface area contributed by atoms with Gasteiger partial charge in [0, 0.05) is 0 Å². The summed E-state index contributed by atoms with van der Waals surface area (Å²) in [6.45, 7) is 13.3. The monoisotopic (exact) mass is 342 g/mol. The molecule has 1 heteroatoms. The first-order chi connectivity index (χ1) is 11.9. The zero-order valence-corrected chi connectivity index (χ0v) is 16.9. The van der Waals surface area contributed by atoms with E-state index >= 15 is 0 Å². The number of allylic oxidation sites excluding steroid dienone is 4. The molecule has 6 atom stereocenters. The number of hydrogen-bond donors (Lipinski definition) is 1. The zero-order chi connectivity index (χ0) is 18.2. The second-order valence-electron chi connectivity index (χ2n) is 9.30. The van der Waals surface area contributed by atoms with Crippen molar-refractivity contribution in [2.45, 2.75) is 85.2 Å². The van der Waals surface area contributed by atoms with Crippen LogP contribution in [0, 0.1) is 28.6 Å². The fourth-order valence-corrected chi connectivity index (χ4v) is 7.03. The van der Waals surface area contributed by atoms with Crippen LogP contribution in [0.5, 0.6) is 0 Å². The third kappa shape index (κ3) is 2.97. The Kier molecular flexibility index (Phi) is 5.36. The maximum atomic E-state index is 10.1. The highest BCUT2D eigenvalue weighted by atomic mass is 16.3. The van der Waals surface area contributed by atoms with E-state index < -0.39 is 0 Å². The molecule has 3 aliphatic rings. The fraction of sp³-hybridized carbons (Fsp3) is 0.750. The normalized spacial score (nSPS) is 45.2. The van der Waals surface area contributed by atoms with Crippen LogP contribution in [0.3, 0.4) is 0 Å². The Hall–Kier alpha value is -0.820. The van der Waals surface area contributed by atoms with Crippen molar-refractivity contribution in [3.8, 4) is 0 Å². The van der Waals surface area contributed by atoms with Gasteiger partial charge in [-0.2, -0.15) is 0 Å². The molecule has 0 aliphatic heterocycles. The molecule has 3 rings (SSSR count). The molecule has 0 spiro atoms. The lowest BCUT2D eigenvalue weighted by atomic mass is 9.48. The van der Waals surface area contributed by atoms with Gasteiger partial charge in [0.2, 0.25) is 0 Å². The predicted molar refractivity (Wildman–Crippen MR) is 107 cm³/mol. The molecule has 4 unspecified atom stereocenters. The molecular weight excluding hydrogens is 304 g/mol. The van der Waals surface area contributed by atoms with E-state index in [1.54, 1.807) is 17.2 Å². The summed E-state index contributed by atoms with van der Waals surface area (Å²) in [5, 5.41) is 10.1. The molecule has 0 bridgehead atoms. The second kappa shape index (κ2) is 7.06.